The number of nitrogens with zero attached hydrogens (tertiary/aromatic N) is 4. The van der Waals surface area contributed by atoms with E-state index < -0.39 is 5.60 Å². The van der Waals surface area contributed by atoms with E-state index in [-0.39, 0.29) is 11.7 Å². The molecular formula is C21H24FN5O2. The van der Waals surface area contributed by atoms with Gasteiger partial charge in [-0.25, -0.2) is 13.9 Å². The van der Waals surface area contributed by atoms with E-state index in [1.165, 1.54) is 12.1 Å². The van der Waals surface area contributed by atoms with Crippen LogP contribution in [-0.4, -0.2) is 56.7 Å². The Morgan fingerprint density at radius 3 is 2.72 bits per heavy atom. The highest BCUT2D eigenvalue weighted by Crippen LogP contribution is 2.32. The molecule has 3 heterocycles. The van der Waals surface area contributed by atoms with Crippen molar-refractivity contribution in [3.05, 3.63) is 65.4 Å². The van der Waals surface area contributed by atoms with Crippen LogP contribution in [0.3, 0.4) is 0 Å². The molecule has 152 valence electrons. The topological polar surface area (TPSA) is 82.8 Å². The van der Waals surface area contributed by atoms with E-state index in [1.54, 1.807) is 42.0 Å². The summed E-state index contributed by atoms with van der Waals surface area (Å²) in [5.74, 6) is -0.488. The number of likely N-dealkylation sites (tertiary alicyclic amines) is 1. The zero-order valence-corrected chi connectivity index (χ0v) is 16.3. The standard InChI is InChI=1S/C21H24FN5O2/c1-15-18(19-23-9-2-11-27(19)25-15)20(28)24-10-14-26-12-7-21(29,8-13-26)16-3-5-17(22)6-4-16/h2-6,9,11,29H,7-8,10,12-14H2,1H3,(H,24,28). The Labute approximate surface area is 168 Å². The molecule has 1 fully saturated rings. The number of benzene rings is 1. The number of amides is 1. The second-order valence-electron chi connectivity index (χ2n) is 7.48. The Morgan fingerprint density at radius 1 is 1.28 bits per heavy atom. The van der Waals surface area contributed by atoms with E-state index in [0.717, 1.165) is 5.56 Å². The summed E-state index contributed by atoms with van der Waals surface area (Å²) in [6.07, 6.45) is 4.55. The number of aromatic nitrogens is 3. The lowest BCUT2D eigenvalue weighted by Crippen LogP contribution is -2.45. The van der Waals surface area contributed by atoms with Gasteiger partial charge in [-0.2, -0.15) is 5.10 Å². The summed E-state index contributed by atoms with van der Waals surface area (Å²) in [6.45, 7) is 4.40. The number of hydrogen-bond acceptors (Lipinski definition) is 5. The normalized spacial score (nSPS) is 16.8. The number of carbonyl (C=O) groups is 1. The fourth-order valence-electron chi connectivity index (χ4n) is 3.87. The van der Waals surface area contributed by atoms with E-state index in [1.807, 2.05) is 0 Å². The van der Waals surface area contributed by atoms with Crippen LogP contribution in [0, 0.1) is 12.7 Å². The molecule has 0 spiro atoms. The molecule has 1 aliphatic rings. The van der Waals surface area contributed by atoms with Crippen LogP contribution in [0.15, 0.2) is 42.7 Å². The molecule has 0 atom stereocenters. The molecule has 2 N–H and O–H groups in total. The van der Waals surface area contributed by atoms with Gasteiger partial charge in [-0.15, -0.1) is 0 Å². The van der Waals surface area contributed by atoms with Crippen LogP contribution in [0.1, 0.15) is 34.5 Å². The highest BCUT2D eigenvalue weighted by Gasteiger charge is 2.33. The summed E-state index contributed by atoms with van der Waals surface area (Å²) in [4.78, 5) is 19.1. The van der Waals surface area contributed by atoms with Crippen molar-refractivity contribution in [2.45, 2.75) is 25.4 Å². The zero-order chi connectivity index (χ0) is 20.4. The Bertz CT molecular complexity index is 1010. The van der Waals surface area contributed by atoms with E-state index in [4.69, 9.17) is 0 Å². The first-order chi connectivity index (χ1) is 14.0. The zero-order valence-electron chi connectivity index (χ0n) is 16.3. The first-order valence-corrected chi connectivity index (χ1v) is 9.75. The SMILES string of the molecule is Cc1nn2cccnc2c1C(=O)NCCN1CCC(O)(c2ccc(F)cc2)CC1. The molecule has 29 heavy (non-hydrogen) atoms. The molecule has 4 rings (SSSR count). The Balaban J connectivity index is 1.30. The number of fused-ring (bicyclic) bond motifs is 1. The molecule has 7 nitrogen and oxygen atoms in total. The second-order valence-corrected chi connectivity index (χ2v) is 7.48. The molecule has 1 aliphatic heterocycles. The largest absolute Gasteiger partial charge is 0.385 e. The molecular weight excluding hydrogens is 373 g/mol. The van der Waals surface area contributed by atoms with Gasteiger partial charge in [-0.1, -0.05) is 12.1 Å². The number of carbonyl (C=O) groups excluding carboxylic acids is 1. The minimum Gasteiger partial charge on any atom is -0.385 e. The predicted molar refractivity (Wildman–Crippen MR) is 106 cm³/mol. The van der Waals surface area contributed by atoms with Crippen LogP contribution in [0.25, 0.3) is 5.65 Å². The summed E-state index contributed by atoms with van der Waals surface area (Å²) >= 11 is 0. The van der Waals surface area contributed by atoms with Crippen LogP contribution in [0.4, 0.5) is 4.39 Å². The second kappa shape index (κ2) is 7.88. The number of aliphatic hydroxyl groups is 1. The average molecular weight is 397 g/mol. The third kappa shape index (κ3) is 3.99. The van der Waals surface area contributed by atoms with Crippen molar-refractivity contribution >= 4 is 11.6 Å². The molecule has 3 aromatic rings. The molecule has 2 aromatic heterocycles. The van der Waals surface area contributed by atoms with Gasteiger partial charge in [0, 0.05) is 38.6 Å². The summed E-state index contributed by atoms with van der Waals surface area (Å²) in [5.41, 5.74) is 1.51. The van der Waals surface area contributed by atoms with Gasteiger partial charge in [0.15, 0.2) is 5.65 Å². The van der Waals surface area contributed by atoms with Crippen LogP contribution < -0.4 is 5.32 Å². The number of rotatable bonds is 5. The first kappa shape index (κ1) is 19.5. The third-order valence-electron chi connectivity index (χ3n) is 5.58. The highest BCUT2D eigenvalue weighted by molar-refractivity contribution is 6.00. The molecule has 0 unspecified atom stereocenters. The van der Waals surface area contributed by atoms with Gasteiger partial charge in [-0.05, 0) is 43.5 Å². The lowest BCUT2D eigenvalue weighted by atomic mass is 9.84. The van der Waals surface area contributed by atoms with Crippen molar-refractivity contribution in [2.24, 2.45) is 0 Å². The first-order valence-electron chi connectivity index (χ1n) is 9.75. The van der Waals surface area contributed by atoms with Gasteiger partial charge in [0.1, 0.15) is 11.4 Å². The van der Waals surface area contributed by atoms with E-state index in [0.29, 0.717) is 55.9 Å². The van der Waals surface area contributed by atoms with Crippen molar-refractivity contribution in [2.75, 3.05) is 26.2 Å². The number of piperidine rings is 1. The number of hydrogen-bond donors (Lipinski definition) is 2. The summed E-state index contributed by atoms with van der Waals surface area (Å²) in [7, 11) is 0. The maximum absolute atomic E-state index is 13.1. The summed E-state index contributed by atoms with van der Waals surface area (Å²) < 4.78 is 14.7. The lowest BCUT2D eigenvalue weighted by molar-refractivity contribution is -0.0255. The molecule has 0 aliphatic carbocycles. The minimum absolute atomic E-state index is 0.184. The smallest absolute Gasteiger partial charge is 0.257 e. The van der Waals surface area contributed by atoms with E-state index in [2.05, 4.69) is 20.3 Å². The van der Waals surface area contributed by atoms with Gasteiger partial charge < -0.3 is 15.3 Å². The molecule has 1 amide bonds. The van der Waals surface area contributed by atoms with Crippen molar-refractivity contribution in [1.29, 1.82) is 0 Å². The van der Waals surface area contributed by atoms with Crippen molar-refractivity contribution in [3.8, 4) is 0 Å². The van der Waals surface area contributed by atoms with Crippen molar-refractivity contribution in [1.82, 2.24) is 24.8 Å². The maximum atomic E-state index is 13.1. The van der Waals surface area contributed by atoms with Gasteiger partial charge in [0.05, 0.1) is 11.3 Å². The number of aryl methyl sites for hydroxylation is 1. The maximum Gasteiger partial charge on any atom is 0.257 e. The van der Waals surface area contributed by atoms with Gasteiger partial charge in [0.2, 0.25) is 0 Å². The number of nitrogens with one attached hydrogen (secondary N) is 1. The van der Waals surface area contributed by atoms with Crippen LogP contribution in [-0.2, 0) is 5.60 Å². The average Bonchev–Trinajstić information content (AvgIpc) is 3.05. The number of halogens is 1. The summed E-state index contributed by atoms with van der Waals surface area (Å²) in [5, 5.41) is 18.1. The van der Waals surface area contributed by atoms with Gasteiger partial charge in [-0.3, -0.25) is 4.79 Å². The van der Waals surface area contributed by atoms with Crippen LogP contribution in [0.5, 0.6) is 0 Å². The van der Waals surface area contributed by atoms with Crippen molar-refractivity contribution in [3.63, 3.8) is 0 Å². The minimum atomic E-state index is -0.923. The van der Waals surface area contributed by atoms with E-state index >= 15 is 0 Å². The summed E-state index contributed by atoms with van der Waals surface area (Å²) in [6, 6.07) is 7.83. The molecule has 8 heteroatoms. The van der Waals surface area contributed by atoms with Gasteiger partial charge in [0.25, 0.3) is 5.91 Å². The molecule has 0 saturated carbocycles. The molecule has 0 bridgehead atoms. The lowest BCUT2D eigenvalue weighted by Gasteiger charge is -2.38. The third-order valence-corrected chi connectivity index (χ3v) is 5.58. The highest BCUT2D eigenvalue weighted by atomic mass is 19.1. The quantitative estimate of drug-likeness (QED) is 0.687. The molecule has 1 aromatic carbocycles. The fraction of sp³-hybridized carbons (Fsp3) is 0.381. The molecule has 1 saturated heterocycles. The Kier molecular flexibility index (Phi) is 5.29. The van der Waals surface area contributed by atoms with Gasteiger partial charge >= 0.3 is 0 Å². The van der Waals surface area contributed by atoms with Crippen LogP contribution in [0.2, 0.25) is 0 Å². The molecule has 0 radical (unpaired) electrons. The van der Waals surface area contributed by atoms with E-state index in [9.17, 15) is 14.3 Å². The Hall–Kier alpha value is -2.84. The predicted octanol–water partition coefficient (Wildman–Crippen LogP) is 1.89. The fourth-order valence-corrected chi connectivity index (χ4v) is 3.87. The monoisotopic (exact) mass is 397 g/mol. The Morgan fingerprint density at radius 2 is 2.00 bits per heavy atom. The van der Waals surface area contributed by atoms with Crippen molar-refractivity contribution < 1.29 is 14.3 Å². The van der Waals surface area contributed by atoms with Crippen LogP contribution >= 0.6 is 0 Å².